The highest BCUT2D eigenvalue weighted by Crippen LogP contribution is 2.47. The third-order valence-electron chi connectivity index (χ3n) is 6.72. The molecule has 4 N–H and O–H groups in total. The van der Waals surface area contributed by atoms with Crippen LogP contribution in [0.2, 0.25) is 0 Å². The number of hydrogen-bond acceptors (Lipinski definition) is 6. The van der Waals surface area contributed by atoms with E-state index in [0.29, 0.717) is 55.1 Å². The number of fused-ring (bicyclic) bond motifs is 1. The van der Waals surface area contributed by atoms with Crippen LogP contribution in [0.1, 0.15) is 44.4 Å². The molecule has 0 bridgehead atoms. The van der Waals surface area contributed by atoms with Gasteiger partial charge in [0.2, 0.25) is 5.91 Å². The summed E-state index contributed by atoms with van der Waals surface area (Å²) >= 11 is 0. The molecule has 1 fully saturated rings. The number of aromatic nitrogens is 1. The van der Waals surface area contributed by atoms with Gasteiger partial charge < -0.3 is 16.4 Å². The van der Waals surface area contributed by atoms with Gasteiger partial charge in [0.15, 0.2) is 0 Å². The molecule has 1 saturated heterocycles. The van der Waals surface area contributed by atoms with E-state index in [2.05, 4.69) is 15.6 Å². The lowest BCUT2D eigenvalue weighted by atomic mass is 9.84. The number of urea groups is 1. The van der Waals surface area contributed by atoms with Crippen molar-refractivity contribution >= 4 is 29.0 Å². The first-order valence-electron chi connectivity index (χ1n) is 11.4. The Hall–Kier alpha value is -3.71. The molecule has 0 aliphatic carbocycles. The Bertz CT molecular complexity index is 1150. The Labute approximate surface area is 197 Å². The molecular weight excluding hydrogens is 437 g/mol. The summed E-state index contributed by atoms with van der Waals surface area (Å²) in [4.78, 5) is 33.5. The molecule has 0 saturated carbocycles. The Morgan fingerprint density at radius 2 is 2.24 bits per heavy atom. The van der Waals surface area contributed by atoms with Crippen LogP contribution in [0.4, 0.5) is 26.2 Å². The lowest BCUT2D eigenvalue weighted by molar-refractivity contribution is -0.129. The van der Waals surface area contributed by atoms with E-state index in [4.69, 9.17) is 11.0 Å². The highest BCUT2D eigenvalue weighted by atomic mass is 19.1. The second-order valence-corrected chi connectivity index (χ2v) is 8.54. The number of benzene rings is 1. The van der Waals surface area contributed by atoms with Crippen LogP contribution >= 0.6 is 0 Å². The van der Waals surface area contributed by atoms with Gasteiger partial charge in [-0.3, -0.25) is 14.6 Å². The Morgan fingerprint density at radius 3 is 2.85 bits per heavy atom. The van der Waals surface area contributed by atoms with Gasteiger partial charge in [-0.15, -0.1) is 0 Å². The normalized spacial score (nSPS) is 21.9. The number of likely N-dealkylation sites (tertiary alicyclic amines) is 1. The van der Waals surface area contributed by atoms with Gasteiger partial charge in [-0.05, 0) is 57.0 Å². The van der Waals surface area contributed by atoms with Crippen LogP contribution in [0.15, 0.2) is 30.5 Å². The first-order chi connectivity index (χ1) is 16.3. The predicted molar refractivity (Wildman–Crippen MR) is 127 cm³/mol. The van der Waals surface area contributed by atoms with Gasteiger partial charge in [0.25, 0.3) is 0 Å². The number of pyridine rings is 1. The Morgan fingerprint density at radius 1 is 1.44 bits per heavy atom. The summed E-state index contributed by atoms with van der Waals surface area (Å²) in [7, 11) is 0. The lowest BCUT2D eigenvalue weighted by Crippen LogP contribution is -2.59. The zero-order chi connectivity index (χ0) is 24.5. The van der Waals surface area contributed by atoms with Crippen molar-refractivity contribution < 1.29 is 14.0 Å². The van der Waals surface area contributed by atoms with Crippen LogP contribution in [-0.2, 0) is 10.3 Å². The number of piperidine rings is 1. The summed E-state index contributed by atoms with van der Waals surface area (Å²) in [6.45, 7) is 5.39. The lowest BCUT2D eigenvalue weighted by Gasteiger charge is -2.46. The molecule has 1 aromatic carbocycles. The maximum absolute atomic E-state index is 14.6. The van der Waals surface area contributed by atoms with Gasteiger partial charge >= 0.3 is 6.03 Å². The predicted octanol–water partition coefficient (Wildman–Crippen LogP) is 3.13. The van der Waals surface area contributed by atoms with E-state index in [9.17, 15) is 14.0 Å². The molecule has 1 aromatic heterocycles. The number of hydrogen-bond donors (Lipinski definition) is 3. The molecular formula is C24H28FN7O2. The van der Waals surface area contributed by atoms with E-state index in [-0.39, 0.29) is 17.6 Å². The molecule has 178 valence electrons. The molecule has 2 aliphatic heterocycles. The second kappa shape index (κ2) is 9.27. The van der Waals surface area contributed by atoms with Crippen molar-refractivity contribution in [1.29, 1.82) is 5.26 Å². The molecule has 9 nitrogen and oxygen atoms in total. The molecule has 1 unspecified atom stereocenters. The number of anilines is 3. The third-order valence-corrected chi connectivity index (χ3v) is 6.72. The Balaban J connectivity index is 1.71. The standard InChI is InChI=1S/C24H28FN7O2/c1-3-24(19-10-15(25)11-20(28-4-2)21(19)30-22(24)33)31-9-5-6-18(14-31)32(23(27)34)17-8-7-16(12-26)29-13-17/h7-8,10-11,13,18,28H,3-6,9,14H2,1-2H3,(H2,27,34)(H,30,33)/t18?,24-/m1/s1. The van der Waals surface area contributed by atoms with E-state index in [1.54, 1.807) is 6.07 Å². The number of carbonyl (C=O) groups is 2. The van der Waals surface area contributed by atoms with E-state index in [1.165, 1.54) is 29.3 Å². The Kier molecular flexibility index (Phi) is 6.39. The molecule has 3 amide bonds. The van der Waals surface area contributed by atoms with Gasteiger partial charge in [0, 0.05) is 18.7 Å². The van der Waals surface area contributed by atoms with Crippen molar-refractivity contribution in [2.45, 2.75) is 44.7 Å². The van der Waals surface area contributed by atoms with Crippen molar-refractivity contribution in [2.75, 3.05) is 35.2 Å². The van der Waals surface area contributed by atoms with Gasteiger partial charge in [-0.25, -0.2) is 14.2 Å². The molecule has 2 atom stereocenters. The quantitative estimate of drug-likeness (QED) is 0.601. The fourth-order valence-corrected chi connectivity index (χ4v) is 5.25. The average Bonchev–Trinajstić information content (AvgIpc) is 3.12. The number of nitrogens with one attached hydrogen (secondary N) is 2. The van der Waals surface area contributed by atoms with Crippen molar-refractivity contribution in [1.82, 2.24) is 9.88 Å². The zero-order valence-electron chi connectivity index (χ0n) is 19.3. The van der Waals surface area contributed by atoms with Gasteiger partial charge in [-0.1, -0.05) is 6.92 Å². The highest BCUT2D eigenvalue weighted by molar-refractivity contribution is 6.09. The summed E-state index contributed by atoms with van der Waals surface area (Å²) in [5.41, 5.74) is 7.16. The molecule has 2 aliphatic rings. The number of carbonyl (C=O) groups excluding carboxylic acids is 2. The first-order valence-corrected chi connectivity index (χ1v) is 11.4. The summed E-state index contributed by atoms with van der Waals surface area (Å²) in [6.07, 6.45) is 3.29. The average molecular weight is 466 g/mol. The highest BCUT2D eigenvalue weighted by Gasteiger charge is 2.52. The van der Waals surface area contributed by atoms with Crippen molar-refractivity contribution in [3.05, 3.63) is 47.5 Å². The van der Waals surface area contributed by atoms with Crippen LogP contribution in [0.3, 0.4) is 0 Å². The third kappa shape index (κ3) is 3.82. The maximum Gasteiger partial charge on any atom is 0.319 e. The number of nitrogens with two attached hydrogens (primary N) is 1. The number of primary amides is 1. The molecule has 3 heterocycles. The van der Waals surface area contributed by atoms with E-state index < -0.39 is 17.4 Å². The fourth-order valence-electron chi connectivity index (χ4n) is 5.25. The van der Waals surface area contributed by atoms with Gasteiger partial charge in [0.1, 0.15) is 23.1 Å². The first kappa shape index (κ1) is 23.4. The van der Waals surface area contributed by atoms with Crippen LogP contribution < -0.4 is 21.3 Å². The molecule has 2 aromatic rings. The van der Waals surface area contributed by atoms with Crippen LogP contribution in [0, 0.1) is 17.1 Å². The maximum atomic E-state index is 14.6. The molecule has 4 rings (SSSR count). The van der Waals surface area contributed by atoms with E-state index >= 15 is 0 Å². The summed E-state index contributed by atoms with van der Waals surface area (Å²) in [5.74, 6) is -0.624. The summed E-state index contributed by atoms with van der Waals surface area (Å²) in [6, 6.07) is 6.99. The fraction of sp³-hybridized carbons (Fsp3) is 0.417. The zero-order valence-corrected chi connectivity index (χ0v) is 19.3. The smallest absolute Gasteiger partial charge is 0.319 e. The molecule has 0 radical (unpaired) electrons. The van der Waals surface area contributed by atoms with E-state index in [1.807, 2.05) is 24.8 Å². The van der Waals surface area contributed by atoms with Crippen molar-refractivity contribution in [3.8, 4) is 6.07 Å². The number of amides is 3. The number of nitriles is 1. The number of rotatable bonds is 6. The SMILES string of the molecule is CCNc1cc(F)cc2c1NC(=O)[C@]2(CC)N1CCCC(N(C(N)=O)c2ccc(C#N)nc2)C1. The number of halogens is 1. The minimum Gasteiger partial charge on any atom is -0.384 e. The monoisotopic (exact) mass is 465 g/mol. The van der Waals surface area contributed by atoms with Crippen LogP contribution in [0.5, 0.6) is 0 Å². The van der Waals surface area contributed by atoms with Gasteiger partial charge in [-0.2, -0.15) is 5.26 Å². The van der Waals surface area contributed by atoms with Crippen molar-refractivity contribution in [2.24, 2.45) is 5.73 Å². The van der Waals surface area contributed by atoms with Crippen molar-refractivity contribution in [3.63, 3.8) is 0 Å². The summed E-state index contributed by atoms with van der Waals surface area (Å²) < 4.78 is 14.6. The topological polar surface area (TPSA) is 127 Å². The minimum absolute atomic E-state index is 0.207. The number of nitrogens with zero attached hydrogens (tertiary/aromatic N) is 4. The van der Waals surface area contributed by atoms with Crippen LogP contribution in [0.25, 0.3) is 0 Å². The largest absolute Gasteiger partial charge is 0.384 e. The summed E-state index contributed by atoms with van der Waals surface area (Å²) in [5, 5.41) is 15.1. The minimum atomic E-state index is -1.06. The second-order valence-electron chi connectivity index (χ2n) is 8.54. The van der Waals surface area contributed by atoms with E-state index in [0.717, 1.165) is 6.42 Å². The molecule has 0 spiro atoms. The van der Waals surface area contributed by atoms with Crippen LogP contribution in [-0.4, -0.2) is 47.5 Å². The molecule has 10 heteroatoms. The molecule has 34 heavy (non-hydrogen) atoms. The van der Waals surface area contributed by atoms with Gasteiger partial charge in [0.05, 0.1) is 29.3 Å².